The molecule has 3 aromatic rings. The van der Waals surface area contributed by atoms with Gasteiger partial charge in [-0.1, -0.05) is 118 Å². The number of hydrogen-bond acceptors (Lipinski definition) is 3. The average molecular weight is 457 g/mol. The molecule has 0 saturated carbocycles. The molecule has 170 valence electrons. The maximum Gasteiger partial charge on any atom is 0.303 e. The highest BCUT2D eigenvalue weighted by atomic mass is 28.4. The minimum Gasteiger partial charge on any atom is -0.453 e. The third kappa shape index (κ3) is 5.62. The Kier molecular flexibility index (Phi) is 7.91. The zero-order valence-corrected chi connectivity index (χ0v) is 21.1. The van der Waals surface area contributed by atoms with Gasteiger partial charge >= 0.3 is 5.97 Å². The SMILES string of the molecule is CC(=O)OCC#CC(O[Si](c1ccccc1)(c1ccccc1)C(C)(C)C)c1ccccc1C. The van der Waals surface area contributed by atoms with E-state index in [9.17, 15) is 4.79 Å². The highest BCUT2D eigenvalue weighted by molar-refractivity contribution is 6.99. The summed E-state index contributed by atoms with van der Waals surface area (Å²) >= 11 is 0. The Morgan fingerprint density at radius 1 is 0.879 bits per heavy atom. The van der Waals surface area contributed by atoms with Crippen LogP contribution >= 0.6 is 0 Å². The van der Waals surface area contributed by atoms with Crippen LogP contribution in [-0.4, -0.2) is 20.9 Å². The number of rotatable bonds is 6. The van der Waals surface area contributed by atoms with Crippen molar-refractivity contribution < 1.29 is 14.0 Å². The first-order valence-corrected chi connectivity index (χ1v) is 13.1. The Morgan fingerprint density at radius 3 is 1.88 bits per heavy atom. The fourth-order valence-corrected chi connectivity index (χ4v) is 8.75. The second-order valence-electron chi connectivity index (χ2n) is 9.12. The number of carbonyl (C=O) groups is 1. The summed E-state index contributed by atoms with van der Waals surface area (Å²) in [5, 5.41) is 2.22. The fraction of sp³-hybridized carbons (Fsp3) is 0.276. The highest BCUT2D eigenvalue weighted by Crippen LogP contribution is 2.40. The summed E-state index contributed by atoms with van der Waals surface area (Å²) in [7, 11) is -2.81. The number of aryl methyl sites for hydroxylation is 1. The largest absolute Gasteiger partial charge is 0.453 e. The van der Waals surface area contributed by atoms with Crippen molar-refractivity contribution in [1.82, 2.24) is 0 Å². The summed E-state index contributed by atoms with van der Waals surface area (Å²) in [4.78, 5) is 11.2. The molecule has 0 radical (unpaired) electrons. The molecule has 0 aromatic heterocycles. The van der Waals surface area contributed by atoms with Crippen molar-refractivity contribution in [3.05, 3.63) is 96.1 Å². The predicted molar refractivity (Wildman–Crippen MR) is 137 cm³/mol. The van der Waals surface area contributed by atoms with Crippen molar-refractivity contribution in [2.24, 2.45) is 0 Å². The molecule has 0 spiro atoms. The summed E-state index contributed by atoms with van der Waals surface area (Å²) in [6.45, 7) is 10.3. The fourth-order valence-electron chi connectivity index (χ4n) is 4.19. The van der Waals surface area contributed by atoms with E-state index in [2.05, 4.69) is 100 Å². The lowest BCUT2D eigenvalue weighted by Crippen LogP contribution is -2.66. The zero-order valence-electron chi connectivity index (χ0n) is 20.1. The van der Waals surface area contributed by atoms with Crippen LogP contribution in [0.1, 0.15) is 44.9 Å². The molecule has 0 fully saturated rings. The number of ether oxygens (including phenoxy) is 1. The van der Waals surface area contributed by atoms with Crippen LogP contribution in [0.2, 0.25) is 5.04 Å². The second-order valence-corrected chi connectivity index (χ2v) is 13.4. The van der Waals surface area contributed by atoms with Crippen LogP contribution in [0.5, 0.6) is 0 Å². The van der Waals surface area contributed by atoms with Gasteiger partial charge in [-0.3, -0.25) is 4.79 Å². The maximum absolute atomic E-state index is 11.2. The first-order valence-electron chi connectivity index (χ1n) is 11.2. The van der Waals surface area contributed by atoms with Gasteiger partial charge in [-0.15, -0.1) is 0 Å². The number of carbonyl (C=O) groups excluding carboxylic acids is 1. The van der Waals surface area contributed by atoms with Crippen molar-refractivity contribution in [3.8, 4) is 11.8 Å². The van der Waals surface area contributed by atoms with Gasteiger partial charge in [-0.05, 0) is 33.5 Å². The zero-order chi connectivity index (χ0) is 23.9. The van der Waals surface area contributed by atoms with Crippen LogP contribution in [0.4, 0.5) is 0 Å². The molecule has 0 aliphatic rings. The van der Waals surface area contributed by atoms with Gasteiger partial charge in [0, 0.05) is 6.92 Å². The van der Waals surface area contributed by atoms with Gasteiger partial charge in [0.2, 0.25) is 0 Å². The molecule has 1 unspecified atom stereocenters. The van der Waals surface area contributed by atoms with E-state index in [-0.39, 0.29) is 17.6 Å². The third-order valence-corrected chi connectivity index (χ3v) is 10.8. The van der Waals surface area contributed by atoms with Crippen LogP contribution in [0.25, 0.3) is 0 Å². The lowest BCUT2D eigenvalue weighted by molar-refractivity contribution is -0.139. The minimum atomic E-state index is -2.81. The molecule has 3 aromatic carbocycles. The normalized spacial score (nSPS) is 12.4. The molecule has 0 saturated heterocycles. The molecule has 3 nitrogen and oxygen atoms in total. The Labute approximate surface area is 198 Å². The van der Waals surface area contributed by atoms with Crippen molar-refractivity contribution >= 4 is 24.7 Å². The van der Waals surface area contributed by atoms with Gasteiger partial charge in [0.05, 0.1) is 0 Å². The molecule has 4 heteroatoms. The quantitative estimate of drug-likeness (QED) is 0.291. The molecule has 33 heavy (non-hydrogen) atoms. The van der Waals surface area contributed by atoms with Crippen LogP contribution in [0.3, 0.4) is 0 Å². The van der Waals surface area contributed by atoms with E-state index in [1.807, 2.05) is 24.3 Å². The number of benzene rings is 3. The van der Waals surface area contributed by atoms with Gasteiger partial charge in [0.1, 0.15) is 6.10 Å². The maximum atomic E-state index is 11.2. The first-order chi connectivity index (χ1) is 15.8. The summed E-state index contributed by atoms with van der Waals surface area (Å²) < 4.78 is 12.3. The van der Waals surface area contributed by atoms with E-state index in [4.69, 9.17) is 9.16 Å². The van der Waals surface area contributed by atoms with Gasteiger partial charge in [0.15, 0.2) is 6.61 Å². The van der Waals surface area contributed by atoms with Crippen molar-refractivity contribution in [2.45, 2.75) is 45.8 Å². The number of esters is 1. The standard InChI is InChI=1S/C29H32O3Si/c1-23-15-12-13-20-27(23)28(21-14-22-31-24(2)30)32-33(29(3,4)5,25-16-8-6-9-17-25)26-18-10-7-11-19-26/h6-13,15-20,28H,22H2,1-5H3. The lowest BCUT2D eigenvalue weighted by Gasteiger charge is -2.44. The summed E-state index contributed by atoms with van der Waals surface area (Å²) in [6.07, 6.45) is -0.465. The van der Waals surface area contributed by atoms with E-state index >= 15 is 0 Å². The molecule has 1 atom stereocenters. The lowest BCUT2D eigenvalue weighted by atomic mass is 10.0. The highest BCUT2D eigenvalue weighted by Gasteiger charge is 2.51. The van der Waals surface area contributed by atoms with Crippen LogP contribution in [0, 0.1) is 18.8 Å². The smallest absolute Gasteiger partial charge is 0.303 e. The molecular formula is C29H32O3Si. The monoisotopic (exact) mass is 456 g/mol. The van der Waals surface area contributed by atoms with Gasteiger partial charge < -0.3 is 9.16 Å². The van der Waals surface area contributed by atoms with E-state index in [1.165, 1.54) is 17.3 Å². The Hall–Kier alpha value is -3.13. The second kappa shape index (κ2) is 10.7. The molecule has 0 amide bonds. The third-order valence-electron chi connectivity index (χ3n) is 5.76. The van der Waals surface area contributed by atoms with E-state index in [1.54, 1.807) is 0 Å². The van der Waals surface area contributed by atoms with Gasteiger partial charge in [-0.25, -0.2) is 0 Å². The Bertz CT molecular complexity index is 1080. The number of hydrogen-bond donors (Lipinski definition) is 0. The topological polar surface area (TPSA) is 35.5 Å². The average Bonchev–Trinajstić information content (AvgIpc) is 2.79. The Morgan fingerprint density at radius 2 is 1.39 bits per heavy atom. The predicted octanol–water partition coefficient (Wildman–Crippen LogP) is 5.18. The molecule has 0 heterocycles. The van der Waals surface area contributed by atoms with Crippen LogP contribution in [0.15, 0.2) is 84.9 Å². The van der Waals surface area contributed by atoms with Gasteiger partial charge in [0.25, 0.3) is 8.32 Å². The van der Waals surface area contributed by atoms with Crippen LogP contribution < -0.4 is 10.4 Å². The molecular weight excluding hydrogens is 424 g/mol. The molecule has 0 bridgehead atoms. The van der Waals surface area contributed by atoms with E-state index in [0.29, 0.717) is 0 Å². The summed E-state index contributed by atoms with van der Waals surface area (Å²) in [5.74, 6) is 5.97. The van der Waals surface area contributed by atoms with E-state index in [0.717, 1.165) is 11.1 Å². The minimum absolute atomic E-state index is 0.0435. The molecule has 3 rings (SSSR count). The first kappa shape index (κ1) is 24.5. The van der Waals surface area contributed by atoms with Crippen molar-refractivity contribution in [1.29, 1.82) is 0 Å². The summed E-state index contributed by atoms with van der Waals surface area (Å²) in [5.41, 5.74) is 2.14. The van der Waals surface area contributed by atoms with Crippen LogP contribution in [-0.2, 0) is 14.0 Å². The molecule has 0 N–H and O–H groups in total. The van der Waals surface area contributed by atoms with Gasteiger partial charge in [-0.2, -0.15) is 0 Å². The van der Waals surface area contributed by atoms with Crippen molar-refractivity contribution in [3.63, 3.8) is 0 Å². The summed E-state index contributed by atoms with van der Waals surface area (Å²) in [6, 6.07) is 29.2. The Balaban J connectivity index is 2.21. The molecule has 0 aliphatic heterocycles. The van der Waals surface area contributed by atoms with E-state index < -0.39 is 14.4 Å². The van der Waals surface area contributed by atoms with Crippen molar-refractivity contribution in [2.75, 3.05) is 6.61 Å². The molecule has 0 aliphatic carbocycles.